The van der Waals surface area contributed by atoms with Crippen molar-refractivity contribution in [3.05, 3.63) is 47.5 Å². The summed E-state index contributed by atoms with van der Waals surface area (Å²) in [6, 6.07) is 4.77. The van der Waals surface area contributed by atoms with Crippen molar-refractivity contribution in [2.45, 2.75) is 0 Å². The molecule has 0 aromatic heterocycles. The van der Waals surface area contributed by atoms with Gasteiger partial charge in [0.1, 0.15) is 0 Å². The Hall–Kier alpha value is -3.42. The summed E-state index contributed by atoms with van der Waals surface area (Å²) in [5.41, 5.74) is -0.895. The maximum absolute atomic E-state index is 11.0. The van der Waals surface area contributed by atoms with Crippen LogP contribution in [0.5, 0.6) is 0 Å². The zero-order valence-corrected chi connectivity index (χ0v) is 10.9. The highest BCUT2D eigenvalue weighted by atomic mass is 16.4. The lowest BCUT2D eigenvalue weighted by Crippen LogP contribution is -2.05. The van der Waals surface area contributed by atoms with Crippen LogP contribution >= 0.6 is 0 Å². The van der Waals surface area contributed by atoms with Gasteiger partial charge in [-0.2, -0.15) is 0 Å². The van der Waals surface area contributed by atoms with Crippen molar-refractivity contribution < 1.29 is 39.6 Å². The molecule has 1 aromatic carbocycles. The zero-order valence-electron chi connectivity index (χ0n) is 10.9. The van der Waals surface area contributed by atoms with Crippen LogP contribution in [0, 0.1) is 0 Å². The molecule has 8 heteroatoms. The molecule has 0 radical (unpaired) electrons. The molecule has 0 aliphatic heterocycles. The molecule has 0 aliphatic rings. The summed E-state index contributed by atoms with van der Waals surface area (Å²) in [7, 11) is 0. The second kappa shape index (κ2) is 6.84. The van der Waals surface area contributed by atoms with Gasteiger partial charge >= 0.3 is 23.9 Å². The number of rotatable bonds is 6. The Morgan fingerprint density at radius 2 is 0.909 bits per heavy atom. The number of hydrogen-bond acceptors (Lipinski definition) is 4. The zero-order chi connectivity index (χ0) is 16.9. The van der Waals surface area contributed by atoms with Crippen LogP contribution in [0.4, 0.5) is 0 Å². The minimum Gasteiger partial charge on any atom is -0.478 e. The Kier molecular flexibility index (Phi) is 5.17. The van der Waals surface area contributed by atoms with E-state index in [1.807, 2.05) is 0 Å². The van der Waals surface area contributed by atoms with Gasteiger partial charge in [-0.25, -0.2) is 19.2 Å². The molecular weight excluding hydrogens is 296 g/mol. The largest absolute Gasteiger partial charge is 0.478 e. The summed E-state index contributed by atoms with van der Waals surface area (Å²) in [4.78, 5) is 43.1. The minimum absolute atomic E-state index is 0.0405. The molecule has 0 bridgehead atoms. The highest BCUT2D eigenvalue weighted by Gasteiger charge is 2.15. The van der Waals surface area contributed by atoms with Gasteiger partial charge in [0.15, 0.2) is 0 Å². The molecule has 0 aliphatic carbocycles. The fraction of sp³-hybridized carbons (Fsp3) is 0. The lowest BCUT2D eigenvalue weighted by atomic mass is 10.00. The van der Waals surface area contributed by atoms with Gasteiger partial charge in [0, 0.05) is 12.2 Å². The molecule has 1 rings (SSSR count). The molecule has 0 saturated heterocycles. The topological polar surface area (TPSA) is 149 Å². The number of carbonyl (C=O) groups is 4. The predicted octanol–water partition coefficient (Wildman–Crippen LogP) is 0.792. The summed E-state index contributed by atoms with van der Waals surface area (Å²) in [6.45, 7) is 0. The average Bonchev–Trinajstić information content (AvgIpc) is 2.41. The lowest BCUT2D eigenvalue weighted by Gasteiger charge is -2.05. The molecule has 0 fully saturated rings. The Balaban J connectivity index is 3.29. The second-order valence-electron chi connectivity index (χ2n) is 3.98. The SMILES string of the molecule is O=C(O)/C=C(\C(=O)O)c1ccc(/C(=C/C(=O)O)C(=O)O)cc1. The van der Waals surface area contributed by atoms with E-state index in [2.05, 4.69) is 0 Å². The second-order valence-corrected chi connectivity index (χ2v) is 3.98. The Morgan fingerprint density at radius 1 is 0.636 bits per heavy atom. The van der Waals surface area contributed by atoms with Crippen LogP contribution in [-0.4, -0.2) is 44.3 Å². The van der Waals surface area contributed by atoms with Crippen LogP contribution in [0.3, 0.4) is 0 Å². The highest BCUT2D eigenvalue weighted by molar-refractivity contribution is 6.21. The van der Waals surface area contributed by atoms with Crippen LogP contribution < -0.4 is 0 Å². The van der Waals surface area contributed by atoms with Crippen molar-refractivity contribution in [3.8, 4) is 0 Å². The van der Waals surface area contributed by atoms with E-state index in [9.17, 15) is 19.2 Å². The first-order valence-corrected chi connectivity index (χ1v) is 5.69. The third kappa shape index (κ3) is 4.30. The van der Waals surface area contributed by atoms with E-state index in [0.717, 1.165) is 0 Å². The van der Waals surface area contributed by atoms with Gasteiger partial charge in [-0.15, -0.1) is 0 Å². The van der Waals surface area contributed by atoms with Crippen molar-refractivity contribution in [1.29, 1.82) is 0 Å². The first kappa shape index (κ1) is 16.6. The standard InChI is InChI=1S/C14H10O8/c15-11(16)5-9(13(19)20)7-1-2-8(4-3-7)10(14(21)22)6-12(17)18/h1-6H,(H,15,16)(H,17,18)(H,19,20)(H,21,22)/b9-5-,10-6-. The van der Waals surface area contributed by atoms with E-state index < -0.39 is 35.0 Å². The van der Waals surface area contributed by atoms with Gasteiger partial charge in [0.05, 0.1) is 11.1 Å². The first-order valence-electron chi connectivity index (χ1n) is 5.69. The summed E-state index contributed by atoms with van der Waals surface area (Å²) < 4.78 is 0. The monoisotopic (exact) mass is 306 g/mol. The van der Waals surface area contributed by atoms with Crippen LogP contribution in [0.25, 0.3) is 11.1 Å². The van der Waals surface area contributed by atoms with Crippen molar-refractivity contribution >= 4 is 35.0 Å². The molecular formula is C14H10O8. The number of carboxylic acid groups (broad SMARTS) is 4. The maximum Gasteiger partial charge on any atom is 0.336 e. The van der Waals surface area contributed by atoms with Crippen LogP contribution in [0.1, 0.15) is 11.1 Å². The molecule has 4 N–H and O–H groups in total. The molecule has 0 heterocycles. The smallest absolute Gasteiger partial charge is 0.336 e. The van der Waals surface area contributed by atoms with Crippen molar-refractivity contribution in [2.24, 2.45) is 0 Å². The third-order valence-corrected chi connectivity index (χ3v) is 2.50. The molecule has 0 atom stereocenters. The van der Waals surface area contributed by atoms with Crippen LogP contribution in [-0.2, 0) is 19.2 Å². The van der Waals surface area contributed by atoms with E-state index >= 15 is 0 Å². The predicted molar refractivity (Wildman–Crippen MR) is 72.9 cm³/mol. The molecule has 1 aromatic rings. The number of benzene rings is 1. The van der Waals surface area contributed by atoms with Crippen molar-refractivity contribution in [1.82, 2.24) is 0 Å². The van der Waals surface area contributed by atoms with E-state index in [-0.39, 0.29) is 11.1 Å². The van der Waals surface area contributed by atoms with Crippen LogP contribution in [0.15, 0.2) is 36.4 Å². The fourth-order valence-corrected chi connectivity index (χ4v) is 1.61. The summed E-state index contributed by atoms with van der Waals surface area (Å²) in [5.74, 6) is -5.82. The summed E-state index contributed by atoms with van der Waals surface area (Å²) in [6.07, 6.45) is 1.01. The number of aliphatic carboxylic acids is 4. The Bertz CT molecular complexity index is 633. The van der Waals surface area contributed by atoms with E-state index in [1.165, 1.54) is 24.3 Å². The number of hydrogen-bond donors (Lipinski definition) is 4. The fourth-order valence-electron chi connectivity index (χ4n) is 1.61. The molecule has 0 spiro atoms. The molecule has 0 unspecified atom stereocenters. The van der Waals surface area contributed by atoms with Gasteiger partial charge in [-0.1, -0.05) is 24.3 Å². The first-order chi connectivity index (χ1) is 10.2. The normalized spacial score (nSPS) is 11.8. The Morgan fingerprint density at radius 3 is 1.09 bits per heavy atom. The quantitative estimate of drug-likeness (QED) is 0.563. The maximum atomic E-state index is 11.0. The molecule has 22 heavy (non-hydrogen) atoms. The molecule has 8 nitrogen and oxygen atoms in total. The highest BCUT2D eigenvalue weighted by Crippen LogP contribution is 2.20. The van der Waals surface area contributed by atoms with Gasteiger partial charge in [0.25, 0.3) is 0 Å². The number of carboxylic acids is 4. The van der Waals surface area contributed by atoms with Crippen LogP contribution in [0.2, 0.25) is 0 Å². The van der Waals surface area contributed by atoms with Crippen molar-refractivity contribution in [3.63, 3.8) is 0 Å². The molecule has 0 saturated carbocycles. The minimum atomic E-state index is -1.46. The van der Waals surface area contributed by atoms with Gasteiger partial charge in [0.2, 0.25) is 0 Å². The molecule has 0 amide bonds. The average molecular weight is 306 g/mol. The lowest BCUT2D eigenvalue weighted by molar-refractivity contribution is -0.133. The Labute approximate surface area is 123 Å². The third-order valence-electron chi connectivity index (χ3n) is 2.50. The summed E-state index contributed by atoms with van der Waals surface area (Å²) >= 11 is 0. The van der Waals surface area contributed by atoms with E-state index in [4.69, 9.17) is 20.4 Å². The van der Waals surface area contributed by atoms with Gasteiger partial charge < -0.3 is 20.4 Å². The van der Waals surface area contributed by atoms with E-state index in [1.54, 1.807) is 0 Å². The molecule has 114 valence electrons. The van der Waals surface area contributed by atoms with Crippen molar-refractivity contribution in [2.75, 3.05) is 0 Å². The van der Waals surface area contributed by atoms with Gasteiger partial charge in [-0.05, 0) is 11.1 Å². The summed E-state index contributed by atoms with van der Waals surface area (Å²) in [5, 5.41) is 35.1. The van der Waals surface area contributed by atoms with Gasteiger partial charge in [-0.3, -0.25) is 0 Å². The van der Waals surface area contributed by atoms with E-state index in [0.29, 0.717) is 12.2 Å².